The second-order valence-electron chi connectivity index (χ2n) is 28.4. The maximum Gasteiger partial charge on any atom is 0.414 e. The number of rotatable bonds is 21. The van der Waals surface area contributed by atoms with Crippen molar-refractivity contribution in [3.05, 3.63) is 215 Å². The predicted molar refractivity (Wildman–Crippen MR) is 497 cm³/mol. The lowest BCUT2D eigenvalue weighted by Crippen LogP contribution is -2.37. The summed E-state index contributed by atoms with van der Waals surface area (Å²) in [6.45, 7) is 15.7. The molecule has 7 amide bonds. The minimum atomic E-state index is -0.924. The number of hydrogen-bond acceptors (Lipinski definition) is 28. The molecular formula is C84H87Cl6F4N13O18S5. The molecule has 0 bridgehead atoms. The van der Waals surface area contributed by atoms with Gasteiger partial charge in [-0.2, -0.15) is 0 Å². The number of nitrogens with one attached hydrogen (secondary N) is 3. The highest BCUT2D eigenvalue weighted by molar-refractivity contribution is 7.20. The Morgan fingerprint density at radius 3 is 0.838 bits per heavy atom. The van der Waals surface area contributed by atoms with Crippen molar-refractivity contribution in [2.24, 2.45) is 11.5 Å². The number of amides is 7. The number of benzene rings is 4. The van der Waals surface area contributed by atoms with E-state index in [1.54, 1.807) is 109 Å². The molecule has 0 unspecified atom stereocenters. The van der Waals surface area contributed by atoms with E-state index in [1.807, 2.05) is 19.6 Å². The molecule has 31 nitrogen and oxygen atoms in total. The zero-order valence-corrected chi connectivity index (χ0v) is 77.5. The number of ether oxygens (including phenoxy) is 8. The molecule has 0 saturated carbocycles. The Bertz CT molecular complexity index is 5120. The second-order valence-corrected chi connectivity index (χ2v) is 37.3. The Hall–Kier alpha value is -9.83. The Kier molecular flexibility index (Phi) is 38.4. The number of hydrogen-bond donors (Lipinski definition) is 6. The van der Waals surface area contributed by atoms with E-state index in [0.717, 1.165) is 11.3 Å². The van der Waals surface area contributed by atoms with Crippen molar-refractivity contribution in [1.29, 1.82) is 0 Å². The summed E-state index contributed by atoms with van der Waals surface area (Å²) in [6.07, 6.45) is -2.18. The summed E-state index contributed by atoms with van der Waals surface area (Å²) in [5.41, 5.74) is 14.8. The highest BCUT2D eigenvalue weighted by Gasteiger charge is 2.38. The average molecular weight is 2020 g/mol. The number of cyclic esters (lactones) is 4. The van der Waals surface area contributed by atoms with Gasteiger partial charge in [0.1, 0.15) is 52.6 Å². The minimum Gasteiger partial charge on any atom is -0.477 e. The average Bonchev–Trinajstić information content (AvgIpc) is 1.41. The fourth-order valence-corrected chi connectivity index (χ4v) is 18.1. The van der Waals surface area contributed by atoms with Crippen molar-refractivity contribution in [2.45, 2.75) is 24.4 Å². The van der Waals surface area contributed by atoms with Crippen LogP contribution in [0.25, 0.3) is 0 Å². The summed E-state index contributed by atoms with van der Waals surface area (Å²) in [6, 6.07) is 35.2. The van der Waals surface area contributed by atoms with Crippen molar-refractivity contribution in [1.82, 2.24) is 16.0 Å². The van der Waals surface area contributed by atoms with Crippen molar-refractivity contribution < 1.29 is 104 Å². The molecule has 5 aromatic heterocycles. The highest BCUT2D eigenvalue weighted by atomic mass is 35.5. The van der Waals surface area contributed by atoms with E-state index < -0.39 is 59.4 Å². The molecule has 8 aliphatic rings. The Balaban J connectivity index is 0.000000152. The monoisotopic (exact) mass is 2010 g/mol. The Morgan fingerprint density at radius 1 is 0.385 bits per heavy atom. The summed E-state index contributed by atoms with van der Waals surface area (Å²) in [4.78, 5) is 120. The Morgan fingerprint density at radius 2 is 0.631 bits per heavy atom. The van der Waals surface area contributed by atoms with Crippen LogP contribution in [0.1, 0.15) is 48.4 Å². The summed E-state index contributed by atoms with van der Waals surface area (Å²) in [5, 5.41) is 16.0. The summed E-state index contributed by atoms with van der Waals surface area (Å²) in [5.74, 6) is -3.09. The van der Waals surface area contributed by atoms with Crippen molar-refractivity contribution >= 4 is 225 Å². The van der Waals surface area contributed by atoms with Crippen molar-refractivity contribution in [3.63, 3.8) is 0 Å². The maximum atomic E-state index is 14.6. The number of carbonyl (C=O) groups excluding carboxylic acids is 8. The van der Waals surface area contributed by atoms with Crippen molar-refractivity contribution in [3.8, 4) is 0 Å². The number of aromatic carboxylic acids is 1. The molecule has 9 aromatic rings. The number of carboxylic acid groups (broad SMARTS) is 1. The largest absolute Gasteiger partial charge is 0.477 e. The Labute approximate surface area is 793 Å². The van der Waals surface area contributed by atoms with Gasteiger partial charge in [0.25, 0.3) is 23.0 Å². The first-order chi connectivity index (χ1) is 62.5. The number of nitrogens with zero attached hydrogens (tertiary/aromatic N) is 8. The third kappa shape index (κ3) is 28.8. The van der Waals surface area contributed by atoms with Crippen LogP contribution in [0.2, 0.25) is 21.7 Å². The normalized spacial score (nSPS) is 18.1. The molecule has 4 aromatic carbocycles. The lowest BCUT2D eigenvalue weighted by Gasteiger charge is -2.29. The van der Waals surface area contributed by atoms with Gasteiger partial charge >= 0.3 is 30.3 Å². The summed E-state index contributed by atoms with van der Waals surface area (Å²) in [7, 11) is 0. The van der Waals surface area contributed by atoms with Crippen LogP contribution in [0.5, 0.6) is 0 Å². The van der Waals surface area contributed by atoms with Gasteiger partial charge in [-0.25, -0.2) is 41.5 Å². The molecular weight excluding hydrogens is 1930 g/mol. The number of morpholine rings is 4. The fourth-order valence-electron chi connectivity index (χ4n) is 13.3. The van der Waals surface area contributed by atoms with Gasteiger partial charge in [-0.05, 0) is 145 Å². The number of nitrogens with two attached hydrogens (primary N) is 2. The fraction of sp³-hybridized carbons (Fsp3) is 0.345. The molecule has 4 atom stereocenters. The quantitative estimate of drug-likeness (QED) is 0.0168. The van der Waals surface area contributed by atoms with E-state index >= 15 is 0 Å². The van der Waals surface area contributed by atoms with Crippen LogP contribution in [-0.2, 0) is 37.9 Å². The number of carboxylic acids is 1. The van der Waals surface area contributed by atoms with E-state index in [4.69, 9.17) is 124 Å². The maximum absolute atomic E-state index is 14.6. The molecule has 0 radical (unpaired) electrons. The van der Waals surface area contributed by atoms with Gasteiger partial charge in [0.15, 0.2) is 0 Å². The number of halogens is 10. The zero-order chi connectivity index (χ0) is 93.1. The molecule has 13 heterocycles. The van der Waals surface area contributed by atoms with Gasteiger partial charge < -0.3 is 90.0 Å². The molecule has 8 fully saturated rings. The van der Waals surface area contributed by atoms with Crippen LogP contribution in [0, 0.1) is 23.3 Å². The van der Waals surface area contributed by atoms with E-state index in [0.29, 0.717) is 212 Å². The number of carbonyl (C=O) groups is 9. The van der Waals surface area contributed by atoms with Gasteiger partial charge in [-0.1, -0.05) is 64.1 Å². The van der Waals surface area contributed by atoms with Gasteiger partial charge in [0, 0.05) is 72.0 Å². The van der Waals surface area contributed by atoms with Crippen LogP contribution < -0.4 is 66.6 Å². The predicted octanol–water partition coefficient (Wildman–Crippen LogP) is 15.4. The first-order valence-corrected chi connectivity index (χ1v) is 46.4. The van der Waals surface area contributed by atoms with E-state index in [9.17, 15) is 60.7 Å². The van der Waals surface area contributed by atoms with Gasteiger partial charge in [0.2, 0.25) is 0 Å². The molecule has 17 rings (SSSR count). The molecule has 696 valence electrons. The molecule has 8 N–H and O–H groups in total. The first-order valence-electron chi connectivity index (χ1n) is 40.0. The minimum absolute atomic E-state index is 0.105. The summed E-state index contributed by atoms with van der Waals surface area (Å²) < 4.78 is 103. The molecule has 8 aliphatic heterocycles. The van der Waals surface area contributed by atoms with E-state index in [1.165, 1.54) is 95.3 Å². The van der Waals surface area contributed by atoms with Crippen LogP contribution in [0.15, 0.2) is 146 Å². The molecule has 46 heteroatoms. The standard InChI is InChI=1S/2C19H19ClFN3O4S.2C14H18FN3O3.C8H8ClNOS.C5H2Cl2OS.C5H3ClO2S/c2*20-17-4-3-16(29-17)18(25)22-10-13-11-24(19(26)28-13)12-1-2-15(14(21)9-12)23-5-7-27-8-6-23;2*15-12-7-10(18-9-11(8-16)21-14(18)19)1-2-13(12)17-3-5-20-6-4-17;1-2-5-10-8(11)6-3-4-7(9)12-6;2*6-4-2-1-3(9-4)5(7)8/h2*1-4,9,13H,5-8,10-11H2,(H,22,25);2*1-2,7,11H,3-6,8-9,16H2;2-4H,1,5H2,(H,10,11);1-2H;1-2H,(H,7,8)/t2*13-;2*11-;;;/m0000.../s1. The smallest absolute Gasteiger partial charge is 0.414 e. The van der Waals surface area contributed by atoms with Gasteiger partial charge in [-0.3, -0.25) is 38.8 Å². The van der Waals surface area contributed by atoms with Crippen LogP contribution in [0.4, 0.5) is 82.2 Å². The number of anilines is 8. The van der Waals surface area contributed by atoms with E-state index in [2.05, 4.69) is 22.5 Å². The van der Waals surface area contributed by atoms with Gasteiger partial charge in [-0.15, -0.1) is 63.3 Å². The van der Waals surface area contributed by atoms with Crippen LogP contribution in [0.3, 0.4) is 0 Å². The van der Waals surface area contributed by atoms with Crippen LogP contribution in [-0.4, -0.2) is 247 Å². The van der Waals surface area contributed by atoms with Crippen LogP contribution >= 0.6 is 126 Å². The third-order valence-electron chi connectivity index (χ3n) is 19.7. The molecule has 0 aliphatic carbocycles. The second kappa shape index (κ2) is 49.6. The molecule has 0 spiro atoms. The zero-order valence-electron chi connectivity index (χ0n) is 68.9. The lowest BCUT2D eigenvalue weighted by molar-refractivity contribution is 0.0700. The third-order valence-corrected chi connectivity index (χ3v) is 26.2. The number of thiophene rings is 5. The topological polar surface area (TPSA) is 362 Å². The summed E-state index contributed by atoms with van der Waals surface area (Å²) >= 11 is 39.3. The van der Waals surface area contributed by atoms with E-state index in [-0.39, 0.29) is 85.7 Å². The van der Waals surface area contributed by atoms with Crippen molar-refractivity contribution in [2.75, 3.05) is 203 Å². The van der Waals surface area contributed by atoms with Gasteiger partial charge in [0.05, 0.1) is 179 Å². The molecule has 8 saturated heterocycles. The highest BCUT2D eigenvalue weighted by Crippen LogP contribution is 2.35. The first kappa shape index (κ1) is 101. The SMILES string of the molecule is C=CCNC(=O)c1ccc(Cl)s1.NC[C@H]1CN(c2ccc(N3CCOCC3)c(F)c2)C(=O)O1.NC[C@H]1CN(c2ccc(N3CCOCC3)c(F)c2)C(=O)O1.O=C(Cl)c1ccc(Cl)s1.O=C(NC[C@H]1CN(c2ccc(N3CCOCC3)c(F)c2)C(=O)O1)c1ccc(Cl)s1.O=C(NC[C@H]1CN(c2ccc(N3CCOCC3)c(F)c2)C(=O)O1)c1ccc(Cl)s1.O=C(O)c1ccc(Cl)s1. The lowest BCUT2D eigenvalue weighted by atomic mass is 10.2. The molecule has 130 heavy (non-hydrogen) atoms.